The molecule has 3 atom stereocenters. The number of nitrogen functional groups attached to an aromatic ring is 1. The van der Waals surface area contributed by atoms with Crippen LogP contribution in [0.1, 0.15) is 56.6 Å². The minimum atomic E-state index is -4.99. The molecule has 0 amide bonds. The van der Waals surface area contributed by atoms with Crippen LogP contribution in [0.25, 0.3) is 22.2 Å². The van der Waals surface area contributed by atoms with Crippen molar-refractivity contribution < 1.29 is 26.7 Å². The number of benzene rings is 1. The Balaban J connectivity index is 1.38. The fourth-order valence-corrected chi connectivity index (χ4v) is 8.09. The number of nitrogens with one attached hydrogen (secondary N) is 1. The van der Waals surface area contributed by atoms with Crippen molar-refractivity contribution >= 4 is 22.4 Å². The summed E-state index contributed by atoms with van der Waals surface area (Å²) in [5.74, 6) is -2.21. The summed E-state index contributed by atoms with van der Waals surface area (Å²) in [4.78, 5) is 17.6. The maximum Gasteiger partial charge on any atom is 0.417 e. The van der Waals surface area contributed by atoms with E-state index in [1.165, 1.54) is 6.20 Å². The van der Waals surface area contributed by atoms with Crippen LogP contribution in [0.5, 0.6) is 6.01 Å². The van der Waals surface area contributed by atoms with Gasteiger partial charge in [0.15, 0.2) is 11.6 Å². The van der Waals surface area contributed by atoms with Crippen LogP contribution in [0.15, 0.2) is 24.4 Å². The van der Waals surface area contributed by atoms with Crippen molar-refractivity contribution in [2.75, 3.05) is 43.4 Å². The summed E-state index contributed by atoms with van der Waals surface area (Å²) in [7, 11) is 0. The molecule has 2 aromatic heterocycles. The lowest BCUT2D eigenvalue weighted by Gasteiger charge is -2.42. The fraction of sp³-hybridized carbons (Fsp3) is 0.531. The lowest BCUT2D eigenvalue weighted by atomic mass is 9.93. The number of alkyl halides is 3. The number of pyridine rings is 1. The van der Waals surface area contributed by atoms with E-state index in [4.69, 9.17) is 15.5 Å². The number of piperazine rings is 1. The fourth-order valence-electron chi connectivity index (χ4n) is 8.09. The predicted molar refractivity (Wildman–Crippen MR) is 161 cm³/mol. The van der Waals surface area contributed by atoms with Crippen LogP contribution in [-0.4, -0.2) is 69.8 Å². The van der Waals surface area contributed by atoms with Crippen molar-refractivity contribution in [2.45, 2.75) is 75.7 Å². The Labute approximate surface area is 257 Å². The number of fused-ring (bicyclic) bond motifs is 4. The molecule has 4 aliphatic heterocycles. The summed E-state index contributed by atoms with van der Waals surface area (Å²) in [6.07, 6.45) is 1.75. The van der Waals surface area contributed by atoms with Crippen molar-refractivity contribution in [3.05, 3.63) is 47.2 Å². The molecule has 3 aromatic rings. The molecule has 4 aliphatic rings. The van der Waals surface area contributed by atoms with E-state index < -0.39 is 40.3 Å². The van der Waals surface area contributed by atoms with Gasteiger partial charge in [-0.2, -0.15) is 23.1 Å². The molecule has 13 heteroatoms. The Morgan fingerprint density at radius 1 is 1.20 bits per heavy atom. The van der Waals surface area contributed by atoms with Gasteiger partial charge >= 0.3 is 12.2 Å². The average molecular weight is 630 g/mol. The molecule has 4 fully saturated rings. The maximum atomic E-state index is 16.6. The summed E-state index contributed by atoms with van der Waals surface area (Å²) in [5, 5.41) is 3.91. The van der Waals surface area contributed by atoms with Crippen LogP contribution in [-0.2, 0) is 6.18 Å². The summed E-state index contributed by atoms with van der Waals surface area (Å²) in [6, 6.07) is 0.988. The number of halogens is 5. The number of aryl methyl sites for hydroxylation is 1. The third-order valence-electron chi connectivity index (χ3n) is 10.2. The Hall–Kier alpha value is -3.58. The first kappa shape index (κ1) is 30.1. The van der Waals surface area contributed by atoms with E-state index in [0.717, 1.165) is 70.2 Å². The van der Waals surface area contributed by atoms with Crippen LogP contribution >= 0.6 is 0 Å². The second-order valence-corrected chi connectivity index (χ2v) is 13.2. The standard InChI is InChI=1S/C32H36F5N7O/c1-4-30-8-6-19(42-30)14-43(15-30)28-20-12-39-27(22-23(32(35,36)37)18(3)10-21(38)24(22)33)25(34)26(20)40-29(41-28)45-16-31-7-5-9-44(31)13-17(2)11-31/h10,12,19,42H,2,4-9,11,13-16,38H2,1,3H3/t19?,30?,31-/m0/s1. The molecule has 240 valence electrons. The molecule has 0 saturated carbocycles. The van der Waals surface area contributed by atoms with Crippen molar-refractivity contribution in [2.24, 2.45) is 0 Å². The third-order valence-corrected chi connectivity index (χ3v) is 10.2. The number of nitrogens with two attached hydrogens (primary N) is 1. The first-order valence-corrected chi connectivity index (χ1v) is 15.4. The molecule has 3 N–H and O–H groups in total. The van der Waals surface area contributed by atoms with Crippen molar-refractivity contribution in [1.29, 1.82) is 0 Å². The normalized spacial score (nSPS) is 26.7. The molecule has 2 bridgehead atoms. The molecule has 7 rings (SSSR count). The van der Waals surface area contributed by atoms with Gasteiger partial charge in [0.2, 0.25) is 0 Å². The molecular formula is C32H36F5N7O. The zero-order valence-corrected chi connectivity index (χ0v) is 25.3. The second-order valence-electron chi connectivity index (χ2n) is 13.2. The Kier molecular flexibility index (Phi) is 7.01. The number of anilines is 2. The number of ether oxygens (including phenoxy) is 1. The summed E-state index contributed by atoms with van der Waals surface area (Å²) in [6.45, 7) is 10.6. The number of rotatable bonds is 6. The van der Waals surface area contributed by atoms with Crippen LogP contribution in [0, 0.1) is 18.6 Å². The Bertz CT molecular complexity index is 1710. The molecule has 0 spiro atoms. The van der Waals surface area contributed by atoms with Gasteiger partial charge in [-0.05, 0) is 63.6 Å². The number of aromatic nitrogens is 3. The molecule has 4 saturated heterocycles. The molecule has 0 aliphatic carbocycles. The van der Waals surface area contributed by atoms with Crippen LogP contribution < -0.4 is 20.7 Å². The third kappa shape index (κ3) is 4.89. The molecule has 45 heavy (non-hydrogen) atoms. The van der Waals surface area contributed by atoms with Gasteiger partial charge in [0.05, 0.1) is 27.7 Å². The predicted octanol–water partition coefficient (Wildman–Crippen LogP) is 5.77. The van der Waals surface area contributed by atoms with Gasteiger partial charge in [-0.15, -0.1) is 0 Å². The zero-order valence-electron chi connectivity index (χ0n) is 25.3. The monoisotopic (exact) mass is 629 g/mol. The summed E-state index contributed by atoms with van der Waals surface area (Å²) < 4.78 is 80.9. The quantitative estimate of drug-likeness (QED) is 0.202. The van der Waals surface area contributed by atoms with Gasteiger partial charge in [0, 0.05) is 37.4 Å². The largest absolute Gasteiger partial charge is 0.461 e. The molecular weight excluding hydrogens is 593 g/mol. The SMILES string of the molecule is C=C1CN2CCC[C@@]2(COc2nc(N3CC4CCC(CC)(C3)N4)c3cnc(-c4c(F)c(N)cc(C)c4C(F)(F)F)c(F)c3n2)C1. The highest BCUT2D eigenvalue weighted by Crippen LogP contribution is 2.45. The topological polar surface area (TPSA) is 92.4 Å². The highest BCUT2D eigenvalue weighted by atomic mass is 19.4. The number of nitrogens with zero attached hydrogens (tertiary/aromatic N) is 5. The molecule has 0 radical (unpaired) electrons. The van der Waals surface area contributed by atoms with E-state index in [9.17, 15) is 13.2 Å². The zero-order chi connectivity index (χ0) is 31.9. The first-order valence-electron chi connectivity index (χ1n) is 15.4. The molecule has 2 unspecified atom stereocenters. The maximum absolute atomic E-state index is 16.6. The van der Waals surface area contributed by atoms with E-state index in [1.54, 1.807) is 0 Å². The number of hydrogen-bond acceptors (Lipinski definition) is 8. The van der Waals surface area contributed by atoms with E-state index in [2.05, 4.69) is 38.6 Å². The van der Waals surface area contributed by atoms with E-state index in [1.807, 2.05) is 0 Å². The smallest absolute Gasteiger partial charge is 0.417 e. The Morgan fingerprint density at radius 2 is 2.00 bits per heavy atom. The lowest BCUT2D eigenvalue weighted by Crippen LogP contribution is -2.59. The summed E-state index contributed by atoms with van der Waals surface area (Å²) >= 11 is 0. The van der Waals surface area contributed by atoms with E-state index in [0.29, 0.717) is 18.9 Å². The summed E-state index contributed by atoms with van der Waals surface area (Å²) in [5.41, 5.74) is 2.05. The van der Waals surface area contributed by atoms with Gasteiger partial charge in [0.1, 0.15) is 23.6 Å². The van der Waals surface area contributed by atoms with Gasteiger partial charge in [-0.3, -0.25) is 9.88 Å². The van der Waals surface area contributed by atoms with Crippen molar-refractivity contribution in [3.63, 3.8) is 0 Å². The minimum Gasteiger partial charge on any atom is -0.461 e. The van der Waals surface area contributed by atoms with Crippen LogP contribution in [0.2, 0.25) is 0 Å². The molecule has 1 aromatic carbocycles. The van der Waals surface area contributed by atoms with Crippen molar-refractivity contribution in [3.8, 4) is 17.3 Å². The van der Waals surface area contributed by atoms with E-state index in [-0.39, 0.29) is 46.2 Å². The lowest BCUT2D eigenvalue weighted by molar-refractivity contribution is -0.137. The molecule has 8 nitrogen and oxygen atoms in total. The first-order chi connectivity index (χ1) is 21.3. The van der Waals surface area contributed by atoms with Crippen molar-refractivity contribution in [1.82, 2.24) is 25.2 Å². The molecule has 6 heterocycles. The van der Waals surface area contributed by atoms with Gasteiger partial charge in [-0.1, -0.05) is 19.1 Å². The highest BCUT2D eigenvalue weighted by molar-refractivity contribution is 5.92. The van der Waals surface area contributed by atoms with Crippen LogP contribution in [0.4, 0.5) is 33.5 Å². The average Bonchev–Trinajstić information content (AvgIpc) is 3.62. The Morgan fingerprint density at radius 3 is 2.76 bits per heavy atom. The van der Waals surface area contributed by atoms with Gasteiger partial charge < -0.3 is 20.7 Å². The van der Waals surface area contributed by atoms with E-state index >= 15 is 8.78 Å². The van der Waals surface area contributed by atoms with Gasteiger partial charge in [0.25, 0.3) is 0 Å². The number of hydrogen-bond donors (Lipinski definition) is 2. The van der Waals surface area contributed by atoms with Crippen LogP contribution in [0.3, 0.4) is 0 Å². The minimum absolute atomic E-state index is 0.0935. The second kappa shape index (κ2) is 10.5. The highest BCUT2D eigenvalue weighted by Gasteiger charge is 2.47. The van der Waals surface area contributed by atoms with Gasteiger partial charge in [-0.25, -0.2) is 8.78 Å².